The molecule has 10 heteroatoms. The Bertz CT molecular complexity index is 958. The number of carbonyl (C=O) groups is 2. The van der Waals surface area contributed by atoms with Gasteiger partial charge in [-0.15, -0.1) is 4.83 Å². The smallest absolute Gasteiger partial charge is 0.303 e. The molecular formula is C20H24N2O7S. The Labute approximate surface area is 175 Å². The second-order valence-corrected chi connectivity index (χ2v) is 7.98. The predicted molar refractivity (Wildman–Crippen MR) is 109 cm³/mol. The lowest BCUT2D eigenvalue weighted by molar-refractivity contribution is -0.137. The number of hydrazine groups is 1. The van der Waals surface area contributed by atoms with Crippen LogP contribution in [0.5, 0.6) is 11.5 Å². The SMILES string of the molecule is CCOc1ccc(OC(C)C(=O)NNS(=O)(=O)c2ccc(CCC(=O)O)cc2)cc1. The van der Waals surface area contributed by atoms with Crippen LogP contribution in [0.2, 0.25) is 0 Å². The van der Waals surface area contributed by atoms with Crippen molar-refractivity contribution in [3.63, 3.8) is 0 Å². The van der Waals surface area contributed by atoms with Crippen LogP contribution in [-0.4, -0.2) is 38.1 Å². The summed E-state index contributed by atoms with van der Waals surface area (Å²) in [5.74, 6) is -0.507. The molecule has 2 aromatic carbocycles. The fraction of sp³-hybridized carbons (Fsp3) is 0.300. The van der Waals surface area contributed by atoms with Crippen LogP contribution < -0.4 is 19.7 Å². The number of carboxylic acid groups (broad SMARTS) is 1. The molecule has 0 spiro atoms. The molecule has 0 aliphatic carbocycles. The van der Waals surface area contributed by atoms with Gasteiger partial charge >= 0.3 is 5.97 Å². The van der Waals surface area contributed by atoms with Gasteiger partial charge in [0, 0.05) is 6.42 Å². The van der Waals surface area contributed by atoms with Crippen molar-refractivity contribution in [1.82, 2.24) is 10.3 Å². The standard InChI is InChI=1S/C20H24N2O7S/c1-3-28-16-7-9-17(10-8-16)29-14(2)20(25)21-22-30(26,27)18-11-4-15(5-12-18)6-13-19(23)24/h4-5,7-12,14,22H,3,6,13H2,1-2H3,(H,21,25)(H,23,24). The molecule has 0 fully saturated rings. The Morgan fingerprint density at radius 3 is 2.20 bits per heavy atom. The zero-order valence-electron chi connectivity index (χ0n) is 16.6. The van der Waals surface area contributed by atoms with E-state index in [4.69, 9.17) is 14.6 Å². The number of rotatable bonds is 11. The third-order valence-electron chi connectivity index (χ3n) is 3.99. The van der Waals surface area contributed by atoms with Gasteiger partial charge in [0.1, 0.15) is 11.5 Å². The highest BCUT2D eigenvalue weighted by Gasteiger charge is 2.19. The Morgan fingerprint density at radius 1 is 1.03 bits per heavy atom. The zero-order chi connectivity index (χ0) is 22.1. The minimum atomic E-state index is -3.99. The molecule has 0 aromatic heterocycles. The number of hydrogen-bond donors (Lipinski definition) is 3. The number of aliphatic carboxylic acids is 1. The normalized spacial score (nSPS) is 12.1. The van der Waals surface area contributed by atoms with Crippen LogP contribution in [-0.2, 0) is 26.0 Å². The van der Waals surface area contributed by atoms with Gasteiger partial charge in [-0.3, -0.25) is 15.0 Å². The third kappa shape index (κ3) is 7.05. The number of ether oxygens (including phenoxy) is 2. The van der Waals surface area contributed by atoms with Crippen molar-refractivity contribution >= 4 is 21.9 Å². The lowest BCUT2D eigenvalue weighted by Gasteiger charge is -2.15. The van der Waals surface area contributed by atoms with Crippen molar-refractivity contribution < 1.29 is 32.6 Å². The molecule has 0 aliphatic rings. The van der Waals surface area contributed by atoms with Crippen LogP contribution in [0, 0.1) is 0 Å². The number of carbonyl (C=O) groups excluding carboxylic acids is 1. The van der Waals surface area contributed by atoms with Crippen molar-refractivity contribution in [2.24, 2.45) is 0 Å². The fourth-order valence-electron chi connectivity index (χ4n) is 2.40. The van der Waals surface area contributed by atoms with Crippen molar-refractivity contribution in [2.45, 2.75) is 37.7 Å². The van der Waals surface area contributed by atoms with Gasteiger partial charge in [-0.05, 0) is 62.2 Å². The summed E-state index contributed by atoms with van der Waals surface area (Å²) in [5, 5.41) is 8.69. The van der Waals surface area contributed by atoms with Gasteiger partial charge in [0.05, 0.1) is 11.5 Å². The number of hydrogen-bond acceptors (Lipinski definition) is 6. The Kier molecular flexibility index (Phi) is 8.19. The van der Waals surface area contributed by atoms with Crippen LogP contribution >= 0.6 is 0 Å². The Balaban J connectivity index is 1.89. The van der Waals surface area contributed by atoms with Crippen molar-refractivity contribution in [2.75, 3.05) is 6.61 Å². The molecule has 0 bridgehead atoms. The topological polar surface area (TPSA) is 131 Å². The van der Waals surface area contributed by atoms with E-state index in [1.165, 1.54) is 31.2 Å². The first kappa shape index (κ1) is 23.2. The first-order valence-corrected chi connectivity index (χ1v) is 10.7. The molecule has 0 saturated heterocycles. The number of aryl methyl sites for hydroxylation is 1. The average Bonchev–Trinajstić information content (AvgIpc) is 2.72. The number of amides is 1. The van der Waals surface area contributed by atoms with E-state index in [1.807, 2.05) is 11.8 Å². The zero-order valence-corrected chi connectivity index (χ0v) is 17.4. The molecule has 0 saturated carbocycles. The molecule has 1 unspecified atom stereocenters. The molecule has 0 aliphatic heterocycles. The maximum Gasteiger partial charge on any atom is 0.303 e. The van der Waals surface area contributed by atoms with Gasteiger partial charge in [0.2, 0.25) is 0 Å². The van der Waals surface area contributed by atoms with Crippen LogP contribution in [0.3, 0.4) is 0 Å². The summed E-state index contributed by atoms with van der Waals surface area (Å²) < 4.78 is 35.5. The molecule has 2 rings (SSSR count). The van der Waals surface area contributed by atoms with Gasteiger partial charge in [-0.25, -0.2) is 8.42 Å². The monoisotopic (exact) mass is 436 g/mol. The van der Waals surface area contributed by atoms with Crippen LogP contribution in [0.25, 0.3) is 0 Å². The maximum absolute atomic E-state index is 12.3. The van der Waals surface area contributed by atoms with E-state index in [9.17, 15) is 18.0 Å². The third-order valence-corrected chi connectivity index (χ3v) is 5.25. The minimum Gasteiger partial charge on any atom is -0.494 e. The summed E-state index contributed by atoms with van der Waals surface area (Å²) in [6, 6.07) is 12.4. The van der Waals surface area contributed by atoms with Gasteiger partial charge in [-0.1, -0.05) is 12.1 Å². The highest BCUT2D eigenvalue weighted by Crippen LogP contribution is 2.18. The Hall–Kier alpha value is -3.11. The van der Waals surface area contributed by atoms with E-state index in [-0.39, 0.29) is 11.3 Å². The molecule has 0 radical (unpaired) electrons. The molecule has 0 heterocycles. The van der Waals surface area contributed by atoms with Gasteiger partial charge in [0.15, 0.2) is 6.10 Å². The molecule has 1 atom stereocenters. The highest BCUT2D eigenvalue weighted by atomic mass is 32.2. The summed E-state index contributed by atoms with van der Waals surface area (Å²) in [7, 11) is -3.99. The quantitative estimate of drug-likeness (QED) is 0.458. The number of carboxylic acids is 1. The Morgan fingerprint density at radius 2 is 1.63 bits per heavy atom. The van der Waals surface area contributed by atoms with Crippen LogP contribution in [0.15, 0.2) is 53.4 Å². The lowest BCUT2D eigenvalue weighted by atomic mass is 10.1. The van der Waals surface area contributed by atoms with Gasteiger partial charge in [-0.2, -0.15) is 0 Å². The number of benzene rings is 2. The summed E-state index contributed by atoms with van der Waals surface area (Å²) in [4.78, 5) is 24.7. The first-order chi connectivity index (χ1) is 14.2. The van der Waals surface area contributed by atoms with E-state index in [2.05, 4.69) is 5.43 Å². The first-order valence-electron chi connectivity index (χ1n) is 9.23. The van der Waals surface area contributed by atoms with Gasteiger partial charge < -0.3 is 14.6 Å². The highest BCUT2D eigenvalue weighted by molar-refractivity contribution is 7.89. The summed E-state index contributed by atoms with van der Waals surface area (Å²) >= 11 is 0. The van der Waals surface area contributed by atoms with Crippen molar-refractivity contribution in [3.05, 3.63) is 54.1 Å². The molecule has 9 nitrogen and oxygen atoms in total. The molecule has 162 valence electrons. The van der Waals surface area contributed by atoms with E-state index in [0.717, 1.165) is 0 Å². The maximum atomic E-state index is 12.3. The molecule has 2 aromatic rings. The van der Waals surface area contributed by atoms with Crippen LogP contribution in [0.4, 0.5) is 0 Å². The second-order valence-electron chi connectivity index (χ2n) is 6.30. The summed E-state index contributed by atoms with van der Waals surface area (Å²) in [6.45, 7) is 3.88. The van der Waals surface area contributed by atoms with E-state index >= 15 is 0 Å². The van der Waals surface area contributed by atoms with Crippen molar-refractivity contribution in [3.8, 4) is 11.5 Å². The van der Waals surface area contributed by atoms with Crippen LogP contribution in [0.1, 0.15) is 25.8 Å². The lowest BCUT2D eigenvalue weighted by Crippen LogP contribution is -2.47. The largest absolute Gasteiger partial charge is 0.494 e. The fourth-order valence-corrected chi connectivity index (χ4v) is 3.25. The number of nitrogens with one attached hydrogen (secondary N) is 2. The molecule has 30 heavy (non-hydrogen) atoms. The minimum absolute atomic E-state index is 0.0490. The predicted octanol–water partition coefficient (Wildman–Crippen LogP) is 1.88. The van der Waals surface area contributed by atoms with E-state index < -0.39 is 28.0 Å². The number of sulfonamides is 1. The summed E-state index contributed by atoms with van der Waals surface area (Å²) in [5.41, 5.74) is 2.82. The summed E-state index contributed by atoms with van der Waals surface area (Å²) in [6.07, 6.45) is -0.712. The second kappa shape index (κ2) is 10.6. The van der Waals surface area contributed by atoms with Crippen molar-refractivity contribution in [1.29, 1.82) is 0 Å². The molecule has 3 N–H and O–H groups in total. The molecule has 1 amide bonds. The molecular weight excluding hydrogens is 412 g/mol. The average molecular weight is 436 g/mol. The van der Waals surface area contributed by atoms with E-state index in [0.29, 0.717) is 30.1 Å². The van der Waals surface area contributed by atoms with Gasteiger partial charge in [0.25, 0.3) is 15.9 Å². The van der Waals surface area contributed by atoms with E-state index in [1.54, 1.807) is 24.3 Å².